The van der Waals surface area contributed by atoms with E-state index in [1.807, 2.05) is 6.92 Å². The van der Waals surface area contributed by atoms with Gasteiger partial charge in [0.15, 0.2) is 0 Å². The highest BCUT2D eigenvalue weighted by atomic mass is 32.2. The van der Waals surface area contributed by atoms with Gasteiger partial charge in [-0.2, -0.15) is 0 Å². The highest BCUT2D eigenvalue weighted by molar-refractivity contribution is 7.84. The topological polar surface area (TPSA) is 75.4 Å². The minimum Gasteiger partial charge on any atom is -0.397 e. The summed E-state index contributed by atoms with van der Waals surface area (Å²) in [5.74, 6) is -0.0592. The van der Waals surface area contributed by atoms with Gasteiger partial charge >= 0.3 is 0 Å². The van der Waals surface area contributed by atoms with E-state index >= 15 is 0 Å². The predicted octanol–water partition coefficient (Wildman–Crippen LogP) is 1.54. The molecule has 20 heavy (non-hydrogen) atoms. The highest BCUT2D eigenvalue weighted by Crippen LogP contribution is 2.21. The molecular formula is C14H23N3O2S. The third-order valence-electron chi connectivity index (χ3n) is 3.14. The van der Waals surface area contributed by atoms with Crippen LogP contribution in [0.2, 0.25) is 0 Å². The lowest BCUT2D eigenvalue weighted by atomic mass is 10.1. The van der Waals surface area contributed by atoms with Gasteiger partial charge in [-0.25, -0.2) is 0 Å². The smallest absolute Gasteiger partial charge is 0.253 e. The van der Waals surface area contributed by atoms with E-state index < -0.39 is 10.8 Å². The van der Waals surface area contributed by atoms with E-state index in [-0.39, 0.29) is 11.2 Å². The molecule has 1 rings (SSSR count). The normalized spacial score (nSPS) is 13.6. The van der Waals surface area contributed by atoms with Gasteiger partial charge in [0.25, 0.3) is 5.91 Å². The number of rotatable bonds is 6. The second-order valence-corrected chi connectivity index (χ2v) is 6.83. The van der Waals surface area contributed by atoms with Crippen molar-refractivity contribution in [2.45, 2.75) is 18.6 Å². The monoisotopic (exact) mass is 297 g/mol. The maximum Gasteiger partial charge on any atom is 0.253 e. The maximum absolute atomic E-state index is 11.9. The Morgan fingerprint density at radius 2 is 2.10 bits per heavy atom. The number of anilines is 2. The van der Waals surface area contributed by atoms with Crippen LogP contribution < -0.4 is 11.1 Å². The molecule has 3 N–H and O–H groups in total. The Kier molecular flexibility index (Phi) is 6.01. The minimum absolute atomic E-state index is 0.0592. The van der Waals surface area contributed by atoms with Gasteiger partial charge in [-0.05, 0) is 24.6 Å². The molecule has 0 saturated heterocycles. The van der Waals surface area contributed by atoms with Gasteiger partial charge in [-0.1, -0.05) is 6.92 Å². The van der Waals surface area contributed by atoms with Gasteiger partial charge in [0.05, 0.1) is 11.4 Å². The molecule has 0 bridgehead atoms. The molecule has 0 spiro atoms. The zero-order valence-electron chi connectivity index (χ0n) is 12.5. The van der Waals surface area contributed by atoms with Crippen LogP contribution >= 0.6 is 0 Å². The summed E-state index contributed by atoms with van der Waals surface area (Å²) in [6.45, 7) is 2.62. The Morgan fingerprint density at radius 1 is 1.45 bits per heavy atom. The van der Waals surface area contributed by atoms with Crippen molar-refractivity contribution in [2.24, 2.45) is 0 Å². The van der Waals surface area contributed by atoms with E-state index in [9.17, 15) is 9.00 Å². The maximum atomic E-state index is 11.9. The first-order valence-corrected chi connectivity index (χ1v) is 8.12. The summed E-state index contributed by atoms with van der Waals surface area (Å²) in [7, 11) is 2.60. The fourth-order valence-corrected chi connectivity index (χ4v) is 2.13. The average Bonchev–Trinajstić information content (AvgIpc) is 2.39. The number of nitrogens with zero attached hydrogens (tertiary/aromatic N) is 1. The van der Waals surface area contributed by atoms with Crippen LogP contribution in [0.5, 0.6) is 0 Å². The summed E-state index contributed by atoms with van der Waals surface area (Å²) in [4.78, 5) is 13.4. The van der Waals surface area contributed by atoms with Crippen LogP contribution in [0.25, 0.3) is 0 Å². The van der Waals surface area contributed by atoms with E-state index in [1.54, 1.807) is 38.6 Å². The molecule has 1 aromatic carbocycles. The van der Waals surface area contributed by atoms with Crippen molar-refractivity contribution >= 4 is 28.1 Å². The standard InChI is InChI=1S/C14H23N3O2S/c1-10(20(4)19)7-8-16-13-9-11(5-6-12(13)15)14(18)17(2)3/h5-6,9-10,16H,7-8,15H2,1-4H3. The summed E-state index contributed by atoms with van der Waals surface area (Å²) in [6, 6.07) is 5.19. The van der Waals surface area contributed by atoms with Crippen molar-refractivity contribution < 1.29 is 9.00 Å². The summed E-state index contributed by atoms with van der Waals surface area (Å²) >= 11 is 0. The molecule has 112 valence electrons. The van der Waals surface area contributed by atoms with E-state index in [2.05, 4.69) is 5.32 Å². The Morgan fingerprint density at radius 3 is 2.65 bits per heavy atom. The molecule has 1 amide bonds. The number of carbonyl (C=O) groups is 1. The van der Waals surface area contributed by atoms with Crippen molar-refractivity contribution in [3.63, 3.8) is 0 Å². The van der Waals surface area contributed by atoms with Crippen molar-refractivity contribution in [3.8, 4) is 0 Å². The number of carbonyl (C=O) groups excluding carboxylic acids is 1. The highest BCUT2D eigenvalue weighted by Gasteiger charge is 2.11. The largest absolute Gasteiger partial charge is 0.397 e. The van der Waals surface area contributed by atoms with E-state index in [0.29, 0.717) is 17.8 Å². The summed E-state index contributed by atoms with van der Waals surface area (Å²) in [6.07, 6.45) is 2.49. The Labute approximate surface area is 123 Å². The van der Waals surface area contributed by atoms with E-state index in [1.165, 1.54) is 4.90 Å². The minimum atomic E-state index is -0.823. The van der Waals surface area contributed by atoms with E-state index in [0.717, 1.165) is 12.1 Å². The van der Waals surface area contributed by atoms with Gasteiger partial charge in [0.1, 0.15) is 0 Å². The summed E-state index contributed by atoms with van der Waals surface area (Å²) in [5.41, 5.74) is 7.84. The summed E-state index contributed by atoms with van der Waals surface area (Å²) < 4.78 is 11.3. The molecule has 1 aromatic rings. The first kappa shape index (κ1) is 16.5. The predicted molar refractivity (Wildman–Crippen MR) is 85.5 cm³/mol. The first-order chi connectivity index (χ1) is 9.32. The van der Waals surface area contributed by atoms with Gasteiger partial charge in [0.2, 0.25) is 0 Å². The van der Waals surface area contributed by atoms with Gasteiger partial charge < -0.3 is 16.0 Å². The fourth-order valence-electron chi connectivity index (χ4n) is 1.68. The van der Waals surface area contributed by atoms with Crippen molar-refractivity contribution in [1.82, 2.24) is 4.90 Å². The molecule has 0 aliphatic carbocycles. The number of nitrogen functional groups attached to an aromatic ring is 1. The Bertz CT molecular complexity index is 503. The zero-order valence-corrected chi connectivity index (χ0v) is 13.3. The van der Waals surface area contributed by atoms with Gasteiger partial charge in [0, 0.05) is 48.5 Å². The van der Waals surface area contributed by atoms with Crippen LogP contribution in [0.15, 0.2) is 18.2 Å². The van der Waals surface area contributed by atoms with Gasteiger partial charge in [-0.15, -0.1) is 0 Å². The van der Waals surface area contributed by atoms with Crippen molar-refractivity contribution in [3.05, 3.63) is 23.8 Å². The second-order valence-electron chi connectivity index (χ2n) is 5.03. The third-order valence-corrected chi connectivity index (χ3v) is 4.51. The lowest BCUT2D eigenvalue weighted by Crippen LogP contribution is -2.22. The van der Waals surface area contributed by atoms with Crippen LogP contribution in [0, 0.1) is 0 Å². The molecule has 0 heterocycles. The van der Waals surface area contributed by atoms with Crippen molar-refractivity contribution in [2.75, 3.05) is 37.9 Å². The molecule has 2 atom stereocenters. The van der Waals surface area contributed by atoms with Crippen LogP contribution in [0.1, 0.15) is 23.7 Å². The molecule has 0 saturated carbocycles. The van der Waals surface area contributed by atoms with Crippen molar-refractivity contribution in [1.29, 1.82) is 0 Å². The average molecular weight is 297 g/mol. The molecule has 5 nitrogen and oxygen atoms in total. The van der Waals surface area contributed by atoms with Crippen LogP contribution in [-0.4, -0.2) is 47.2 Å². The van der Waals surface area contributed by atoms with Gasteiger partial charge in [-0.3, -0.25) is 9.00 Å². The summed E-state index contributed by atoms with van der Waals surface area (Å²) in [5, 5.41) is 3.34. The zero-order chi connectivity index (χ0) is 15.3. The second kappa shape index (κ2) is 7.28. The number of nitrogens with one attached hydrogen (secondary N) is 1. The Hall–Kier alpha value is -1.56. The van der Waals surface area contributed by atoms with Crippen LogP contribution in [-0.2, 0) is 10.8 Å². The number of hydrogen-bond acceptors (Lipinski definition) is 4. The first-order valence-electron chi connectivity index (χ1n) is 6.50. The number of amides is 1. The fraction of sp³-hybridized carbons (Fsp3) is 0.500. The van der Waals surface area contributed by atoms with E-state index in [4.69, 9.17) is 5.73 Å². The Balaban J connectivity index is 2.72. The van der Waals surface area contributed by atoms with Crippen LogP contribution in [0.4, 0.5) is 11.4 Å². The molecule has 0 aliphatic rings. The molecule has 0 fully saturated rings. The number of nitrogens with two attached hydrogens (primary N) is 1. The molecule has 6 heteroatoms. The number of hydrogen-bond donors (Lipinski definition) is 2. The molecule has 0 aliphatic heterocycles. The number of benzene rings is 1. The molecule has 0 aromatic heterocycles. The third kappa shape index (κ3) is 4.52. The molecule has 0 radical (unpaired) electrons. The lowest BCUT2D eigenvalue weighted by Gasteiger charge is -2.15. The molecule has 2 unspecified atom stereocenters. The molecular weight excluding hydrogens is 274 g/mol. The van der Waals surface area contributed by atoms with Crippen LogP contribution in [0.3, 0.4) is 0 Å². The quantitative estimate of drug-likeness (QED) is 0.781. The SMILES string of the molecule is CC(CCNc1cc(C(=O)N(C)C)ccc1N)S(C)=O. The lowest BCUT2D eigenvalue weighted by molar-refractivity contribution is 0.0827.